The van der Waals surface area contributed by atoms with Crippen LogP contribution in [0.3, 0.4) is 0 Å². The number of nitrogens with zero attached hydrogens (tertiary/aromatic N) is 3. The summed E-state index contributed by atoms with van der Waals surface area (Å²) in [6.45, 7) is 0.818. The fourth-order valence-corrected chi connectivity index (χ4v) is 4.83. The van der Waals surface area contributed by atoms with Crippen LogP contribution in [0.5, 0.6) is 0 Å². The number of sulfonamides is 1. The Morgan fingerprint density at radius 3 is 2.50 bits per heavy atom. The molecule has 0 amide bonds. The van der Waals surface area contributed by atoms with Crippen LogP contribution in [0.1, 0.15) is 37.9 Å². The first-order valence-electron chi connectivity index (χ1n) is 8.33. The minimum absolute atomic E-state index is 0. The summed E-state index contributed by atoms with van der Waals surface area (Å²) in [7, 11) is -3.87. The standard InChI is InChI=1S/C16H19FN4O3S.ClH/c17-12-5-4-11(10-13(12)25(22,23)21-8-1-2-9-21)14-19-15(20-24-14)16(18)6-3-7-16;/h4-5,10H,1-3,6-9,18H2;1H. The van der Waals surface area contributed by atoms with Gasteiger partial charge in [0.1, 0.15) is 10.7 Å². The lowest BCUT2D eigenvalue weighted by Gasteiger charge is -2.34. The van der Waals surface area contributed by atoms with E-state index in [0.717, 1.165) is 38.2 Å². The molecule has 2 aliphatic rings. The highest BCUT2D eigenvalue weighted by atomic mass is 35.5. The zero-order valence-corrected chi connectivity index (χ0v) is 15.7. The molecule has 1 aliphatic heterocycles. The summed E-state index contributed by atoms with van der Waals surface area (Å²) < 4.78 is 46.1. The topological polar surface area (TPSA) is 102 Å². The lowest BCUT2D eigenvalue weighted by Crippen LogP contribution is -2.44. The summed E-state index contributed by atoms with van der Waals surface area (Å²) in [5.41, 5.74) is 5.96. The van der Waals surface area contributed by atoms with Gasteiger partial charge in [-0.2, -0.15) is 9.29 Å². The Balaban J connectivity index is 0.00000196. The molecule has 0 bridgehead atoms. The van der Waals surface area contributed by atoms with Crippen molar-refractivity contribution in [2.24, 2.45) is 5.73 Å². The average Bonchev–Trinajstić information content (AvgIpc) is 3.25. The van der Waals surface area contributed by atoms with E-state index in [0.29, 0.717) is 24.5 Å². The van der Waals surface area contributed by atoms with E-state index < -0.39 is 21.4 Å². The second kappa shape index (κ2) is 6.88. The fourth-order valence-electron chi connectivity index (χ4n) is 3.23. The summed E-state index contributed by atoms with van der Waals surface area (Å²) in [6, 6.07) is 3.80. The van der Waals surface area contributed by atoms with E-state index in [9.17, 15) is 12.8 Å². The maximum atomic E-state index is 14.2. The van der Waals surface area contributed by atoms with Gasteiger partial charge in [0.25, 0.3) is 5.89 Å². The van der Waals surface area contributed by atoms with Crippen molar-refractivity contribution < 1.29 is 17.3 Å². The van der Waals surface area contributed by atoms with Gasteiger partial charge < -0.3 is 10.3 Å². The Kier molecular flexibility index (Phi) is 5.08. The second-order valence-electron chi connectivity index (χ2n) is 6.69. The fraction of sp³-hybridized carbons (Fsp3) is 0.500. The highest BCUT2D eigenvalue weighted by Gasteiger charge is 2.39. The minimum atomic E-state index is -3.87. The Labute approximate surface area is 157 Å². The van der Waals surface area contributed by atoms with Gasteiger partial charge in [0.2, 0.25) is 10.0 Å². The summed E-state index contributed by atoms with van der Waals surface area (Å²) >= 11 is 0. The van der Waals surface area contributed by atoms with Gasteiger partial charge in [0, 0.05) is 18.7 Å². The predicted octanol–water partition coefficient (Wildman–Crippen LogP) is 2.42. The van der Waals surface area contributed by atoms with Gasteiger partial charge in [0.05, 0.1) is 5.54 Å². The highest BCUT2D eigenvalue weighted by molar-refractivity contribution is 7.89. The molecule has 1 saturated heterocycles. The number of hydrogen-bond acceptors (Lipinski definition) is 6. The van der Waals surface area contributed by atoms with Crippen LogP contribution in [0.15, 0.2) is 27.6 Å². The van der Waals surface area contributed by atoms with Gasteiger partial charge in [-0.05, 0) is 50.3 Å². The molecule has 4 rings (SSSR count). The number of benzene rings is 1. The van der Waals surface area contributed by atoms with Crippen LogP contribution in [-0.4, -0.2) is 36.0 Å². The maximum absolute atomic E-state index is 14.2. The molecule has 0 atom stereocenters. The summed E-state index contributed by atoms with van der Waals surface area (Å²) in [4.78, 5) is 3.93. The summed E-state index contributed by atoms with van der Waals surface area (Å²) in [5, 5.41) is 3.91. The number of rotatable bonds is 4. The molecule has 2 fully saturated rings. The van der Waals surface area contributed by atoms with E-state index in [1.165, 1.54) is 16.4 Å². The maximum Gasteiger partial charge on any atom is 0.258 e. The van der Waals surface area contributed by atoms with Crippen molar-refractivity contribution in [3.05, 3.63) is 29.8 Å². The molecule has 26 heavy (non-hydrogen) atoms. The van der Waals surface area contributed by atoms with Gasteiger partial charge in [0.15, 0.2) is 5.82 Å². The van der Waals surface area contributed by atoms with Crippen molar-refractivity contribution in [1.29, 1.82) is 0 Å². The Bertz CT molecular complexity index is 908. The van der Waals surface area contributed by atoms with Crippen LogP contribution in [0.25, 0.3) is 11.5 Å². The van der Waals surface area contributed by atoms with E-state index in [2.05, 4.69) is 10.1 Å². The van der Waals surface area contributed by atoms with Crippen LogP contribution < -0.4 is 5.73 Å². The monoisotopic (exact) mass is 402 g/mol. The molecule has 2 heterocycles. The first kappa shape index (κ1) is 19.2. The van der Waals surface area contributed by atoms with Crippen LogP contribution in [0, 0.1) is 5.82 Å². The lowest BCUT2D eigenvalue weighted by atomic mass is 9.77. The molecule has 7 nitrogen and oxygen atoms in total. The zero-order chi connectivity index (χ0) is 17.7. The molecule has 10 heteroatoms. The Morgan fingerprint density at radius 1 is 1.19 bits per heavy atom. The number of hydrogen-bond donors (Lipinski definition) is 1. The van der Waals surface area contributed by atoms with E-state index >= 15 is 0 Å². The average molecular weight is 403 g/mol. The number of halogens is 2. The zero-order valence-electron chi connectivity index (χ0n) is 14.0. The Morgan fingerprint density at radius 2 is 1.88 bits per heavy atom. The van der Waals surface area contributed by atoms with E-state index in [1.54, 1.807) is 0 Å². The van der Waals surface area contributed by atoms with Crippen LogP contribution in [0.2, 0.25) is 0 Å². The van der Waals surface area contributed by atoms with Gasteiger partial charge >= 0.3 is 0 Å². The third-order valence-electron chi connectivity index (χ3n) is 4.98. The van der Waals surface area contributed by atoms with E-state index in [4.69, 9.17) is 10.3 Å². The lowest BCUT2D eigenvalue weighted by molar-refractivity contribution is 0.229. The quantitative estimate of drug-likeness (QED) is 0.842. The van der Waals surface area contributed by atoms with Crippen molar-refractivity contribution in [3.63, 3.8) is 0 Å². The third-order valence-corrected chi connectivity index (χ3v) is 6.89. The molecule has 2 aromatic rings. The van der Waals surface area contributed by atoms with Gasteiger partial charge in [-0.15, -0.1) is 12.4 Å². The molecular formula is C16H20ClFN4O3S. The predicted molar refractivity (Wildman–Crippen MR) is 94.6 cm³/mol. The van der Waals surface area contributed by atoms with Crippen molar-refractivity contribution >= 4 is 22.4 Å². The van der Waals surface area contributed by atoms with E-state index in [1.807, 2.05) is 0 Å². The molecule has 1 aliphatic carbocycles. The summed E-state index contributed by atoms with van der Waals surface area (Å²) in [6.07, 6.45) is 4.14. The van der Waals surface area contributed by atoms with Gasteiger partial charge in [-0.1, -0.05) is 5.16 Å². The van der Waals surface area contributed by atoms with Crippen LogP contribution >= 0.6 is 12.4 Å². The first-order chi connectivity index (χ1) is 11.9. The minimum Gasteiger partial charge on any atom is -0.334 e. The van der Waals surface area contributed by atoms with Gasteiger partial charge in [-0.3, -0.25) is 0 Å². The van der Waals surface area contributed by atoms with Crippen molar-refractivity contribution in [2.75, 3.05) is 13.1 Å². The normalized spacial score (nSPS) is 19.8. The molecule has 1 aromatic heterocycles. The van der Waals surface area contributed by atoms with E-state index in [-0.39, 0.29) is 23.2 Å². The van der Waals surface area contributed by atoms with Crippen LogP contribution in [-0.2, 0) is 15.6 Å². The number of aromatic nitrogens is 2. The molecule has 0 spiro atoms. The molecule has 1 saturated carbocycles. The first-order valence-corrected chi connectivity index (χ1v) is 9.77. The van der Waals surface area contributed by atoms with Crippen molar-refractivity contribution in [3.8, 4) is 11.5 Å². The molecule has 1 aromatic carbocycles. The second-order valence-corrected chi connectivity index (χ2v) is 8.60. The van der Waals surface area contributed by atoms with Crippen molar-refractivity contribution in [2.45, 2.75) is 42.5 Å². The van der Waals surface area contributed by atoms with Crippen molar-refractivity contribution in [1.82, 2.24) is 14.4 Å². The van der Waals surface area contributed by atoms with Gasteiger partial charge in [-0.25, -0.2) is 12.8 Å². The highest BCUT2D eigenvalue weighted by Crippen LogP contribution is 2.38. The third kappa shape index (κ3) is 3.13. The Hall–Kier alpha value is -1.55. The SMILES string of the molecule is Cl.NC1(c2noc(-c3ccc(F)c(S(=O)(=O)N4CCCC4)c3)n2)CCC1. The summed E-state index contributed by atoms with van der Waals surface area (Å²) in [5.74, 6) is -0.240. The number of nitrogens with two attached hydrogens (primary N) is 1. The smallest absolute Gasteiger partial charge is 0.258 e. The molecule has 0 unspecified atom stereocenters. The molecular weight excluding hydrogens is 383 g/mol. The molecule has 142 valence electrons. The largest absolute Gasteiger partial charge is 0.334 e. The van der Waals surface area contributed by atoms with Crippen LogP contribution in [0.4, 0.5) is 4.39 Å². The molecule has 2 N–H and O–H groups in total. The molecule has 0 radical (unpaired) electrons.